The molecule has 5 nitrogen and oxygen atoms in total. The molecule has 0 bridgehead atoms. The summed E-state index contributed by atoms with van der Waals surface area (Å²) in [7, 11) is 0. The van der Waals surface area contributed by atoms with E-state index in [-0.39, 0.29) is 24.0 Å². The molecule has 1 unspecified atom stereocenters. The second kappa shape index (κ2) is 4.61. The molecule has 2 amide bonds. The lowest BCUT2D eigenvalue weighted by Crippen LogP contribution is -2.43. The number of alkyl halides is 1. The summed E-state index contributed by atoms with van der Waals surface area (Å²) < 4.78 is -0.406. The summed E-state index contributed by atoms with van der Waals surface area (Å²) in [5.41, 5.74) is 5.00. The first-order valence-electron chi connectivity index (χ1n) is 4.20. The minimum atomic E-state index is -1.03. The third kappa shape index (κ3) is 2.28. The summed E-state index contributed by atoms with van der Waals surface area (Å²) in [6.45, 7) is 1.27. The van der Waals surface area contributed by atoms with Gasteiger partial charge in [-0.2, -0.15) is 0 Å². The minimum absolute atomic E-state index is 0.120. The third-order valence-corrected chi connectivity index (χ3v) is 2.96. The normalized spacial score (nSPS) is 22.3. The molecule has 0 aromatic rings. The summed E-state index contributed by atoms with van der Waals surface area (Å²) in [6, 6.07) is 1.03. The van der Waals surface area contributed by atoms with Gasteiger partial charge < -0.3 is 5.73 Å². The van der Waals surface area contributed by atoms with Crippen LogP contribution in [-0.2, 0) is 14.4 Å². The predicted octanol–water partition coefficient (Wildman–Crippen LogP) is -0.574. The Hall–Kier alpha value is -1.10. The topological polar surface area (TPSA) is 80.5 Å². The van der Waals surface area contributed by atoms with Crippen LogP contribution >= 0.6 is 22.6 Å². The van der Waals surface area contributed by atoms with Gasteiger partial charge in [0, 0.05) is 12.5 Å². The number of carbonyl (C=O) groups is 3. The van der Waals surface area contributed by atoms with E-state index in [1.807, 2.05) is 22.6 Å². The van der Waals surface area contributed by atoms with Crippen LogP contribution in [0, 0.1) is 12.0 Å². The minimum Gasteiger partial charge on any atom is -0.359 e. The molecule has 1 aliphatic heterocycles. The number of nitrogens with two attached hydrogens (primary N) is 1. The number of hydrogen-bond acceptors (Lipinski definition) is 4. The van der Waals surface area contributed by atoms with Crippen LogP contribution in [0.1, 0.15) is 13.3 Å². The number of amides is 2. The molecule has 2 atom stereocenters. The van der Waals surface area contributed by atoms with Crippen LogP contribution in [0.3, 0.4) is 0 Å². The second-order valence-corrected chi connectivity index (χ2v) is 4.58. The lowest BCUT2D eigenvalue weighted by molar-refractivity contribution is -0.143. The van der Waals surface area contributed by atoms with Crippen molar-refractivity contribution in [1.29, 1.82) is 0 Å². The van der Waals surface area contributed by atoms with Crippen LogP contribution < -0.4 is 5.73 Å². The molecular formula is C9H9IN2O3. The number of imide groups is 1. The molecular weight excluding hydrogens is 311 g/mol. The van der Waals surface area contributed by atoms with E-state index >= 15 is 0 Å². The Labute approximate surface area is 100 Å². The molecule has 1 aliphatic rings. The Morgan fingerprint density at radius 2 is 2.27 bits per heavy atom. The highest BCUT2D eigenvalue weighted by Crippen LogP contribution is 2.22. The summed E-state index contributed by atoms with van der Waals surface area (Å²) in [4.78, 5) is 35.1. The van der Waals surface area contributed by atoms with Gasteiger partial charge in [0.15, 0.2) is 11.8 Å². The van der Waals surface area contributed by atoms with Crippen molar-refractivity contribution < 1.29 is 14.4 Å². The molecule has 1 rings (SSSR count). The number of hydrogen-bond donors (Lipinski definition) is 1. The number of carbonyl (C=O) groups excluding carboxylic acids is 3. The number of likely N-dealkylation sites (tertiary alicyclic amines) is 1. The van der Waals surface area contributed by atoms with Crippen molar-refractivity contribution in [1.82, 2.24) is 4.90 Å². The third-order valence-electron chi connectivity index (χ3n) is 1.99. The van der Waals surface area contributed by atoms with E-state index in [4.69, 9.17) is 5.73 Å². The molecule has 0 spiro atoms. The molecule has 0 aromatic heterocycles. The van der Waals surface area contributed by atoms with Gasteiger partial charge in [0.25, 0.3) is 0 Å². The molecule has 0 aromatic carbocycles. The van der Waals surface area contributed by atoms with E-state index in [2.05, 4.69) is 12.0 Å². The summed E-state index contributed by atoms with van der Waals surface area (Å²) in [5, 5.41) is 0. The summed E-state index contributed by atoms with van der Waals surface area (Å²) in [6.07, 6.45) is 0.120. The molecule has 0 radical (unpaired) electrons. The lowest BCUT2D eigenvalue weighted by atomic mass is 10.2. The first kappa shape index (κ1) is 12.0. The van der Waals surface area contributed by atoms with E-state index in [9.17, 15) is 14.4 Å². The van der Waals surface area contributed by atoms with Gasteiger partial charge in [0.1, 0.15) is 0 Å². The van der Waals surface area contributed by atoms with Crippen molar-refractivity contribution >= 4 is 40.2 Å². The highest BCUT2D eigenvalue weighted by molar-refractivity contribution is 14.1. The monoisotopic (exact) mass is 320 g/mol. The van der Waals surface area contributed by atoms with Crippen LogP contribution in [0.5, 0.6) is 0 Å². The molecule has 1 fully saturated rings. The van der Waals surface area contributed by atoms with E-state index < -0.39 is 9.97 Å². The lowest BCUT2D eigenvalue weighted by Gasteiger charge is -2.18. The Morgan fingerprint density at radius 3 is 2.60 bits per heavy atom. The molecule has 80 valence electrons. The maximum absolute atomic E-state index is 11.6. The zero-order chi connectivity index (χ0) is 11.6. The van der Waals surface area contributed by atoms with Gasteiger partial charge in [-0.15, -0.1) is 0 Å². The van der Waals surface area contributed by atoms with Crippen LogP contribution in [-0.4, -0.2) is 32.5 Å². The van der Waals surface area contributed by atoms with Crippen LogP contribution in [0.25, 0.3) is 0 Å². The predicted molar refractivity (Wildman–Crippen MR) is 60.7 cm³/mol. The fourth-order valence-electron chi connectivity index (χ4n) is 1.31. The number of Topliss-reactive ketones (excluding diaryl/α,β-unsaturated/α-hetero) is 1. The van der Waals surface area contributed by atoms with Crippen molar-refractivity contribution in [3.63, 3.8) is 0 Å². The van der Waals surface area contributed by atoms with Crippen molar-refractivity contribution in [2.24, 2.45) is 5.73 Å². The first-order chi connectivity index (χ1) is 6.99. The largest absolute Gasteiger partial charge is 0.359 e. The van der Waals surface area contributed by atoms with Gasteiger partial charge in [-0.3, -0.25) is 19.3 Å². The highest BCUT2D eigenvalue weighted by atomic mass is 127. The zero-order valence-electron chi connectivity index (χ0n) is 7.99. The Kier molecular flexibility index (Phi) is 3.68. The van der Waals surface area contributed by atoms with Gasteiger partial charge in [-0.1, -0.05) is 22.6 Å². The summed E-state index contributed by atoms with van der Waals surface area (Å²) >= 11 is 1.87. The second-order valence-electron chi connectivity index (χ2n) is 3.08. The van der Waals surface area contributed by atoms with Crippen LogP contribution in [0.2, 0.25) is 0 Å². The standard InChI is InChI=1S/C9H9IN2O3/c1-5(13)7(2-3-11)12-8(14)4-6(10)9(12)15/h6-7H,4,11H2,1H3/t6?,7-/m0/s1. The Bertz CT molecular complexity index is 383. The number of rotatable bonds is 2. The molecule has 0 saturated carbocycles. The molecule has 1 saturated heterocycles. The van der Waals surface area contributed by atoms with E-state index in [0.717, 1.165) is 4.90 Å². The molecule has 1 heterocycles. The van der Waals surface area contributed by atoms with Crippen molar-refractivity contribution in [3.8, 4) is 12.0 Å². The molecule has 2 N–H and O–H groups in total. The number of halogens is 1. The van der Waals surface area contributed by atoms with Gasteiger partial charge in [0.05, 0.1) is 3.92 Å². The molecule has 6 heteroatoms. The molecule has 15 heavy (non-hydrogen) atoms. The maximum atomic E-state index is 11.6. The van der Waals surface area contributed by atoms with E-state index in [0.29, 0.717) is 0 Å². The molecule has 0 aliphatic carbocycles. The van der Waals surface area contributed by atoms with Crippen molar-refractivity contribution in [2.75, 3.05) is 0 Å². The van der Waals surface area contributed by atoms with E-state index in [1.54, 1.807) is 0 Å². The quantitative estimate of drug-likeness (QED) is 0.243. The van der Waals surface area contributed by atoms with Crippen LogP contribution in [0.4, 0.5) is 0 Å². The first-order valence-corrected chi connectivity index (χ1v) is 5.45. The van der Waals surface area contributed by atoms with Crippen molar-refractivity contribution in [2.45, 2.75) is 23.3 Å². The maximum Gasteiger partial charge on any atom is 0.244 e. The SMILES string of the molecule is CC(=O)[C@H](C#CN)N1C(=O)CC(I)C1=O. The fourth-order valence-corrected chi connectivity index (χ4v) is 1.99. The number of nitrogens with zero attached hydrogens (tertiary/aromatic N) is 1. The van der Waals surface area contributed by atoms with Crippen molar-refractivity contribution in [3.05, 3.63) is 0 Å². The van der Waals surface area contributed by atoms with Gasteiger partial charge in [0.2, 0.25) is 11.8 Å². The van der Waals surface area contributed by atoms with E-state index in [1.165, 1.54) is 6.92 Å². The smallest absolute Gasteiger partial charge is 0.244 e. The average molecular weight is 320 g/mol. The van der Waals surface area contributed by atoms with Crippen LogP contribution in [0.15, 0.2) is 0 Å². The van der Waals surface area contributed by atoms with Gasteiger partial charge in [-0.05, 0) is 12.8 Å². The summed E-state index contributed by atoms with van der Waals surface area (Å²) in [5.74, 6) is 1.26. The Balaban J connectivity index is 3.02. The number of ketones is 1. The highest BCUT2D eigenvalue weighted by Gasteiger charge is 2.42. The zero-order valence-corrected chi connectivity index (χ0v) is 10.1. The Morgan fingerprint density at radius 1 is 1.67 bits per heavy atom. The average Bonchev–Trinajstić information content (AvgIpc) is 2.38. The van der Waals surface area contributed by atoms with Gasteiger partial charge >= 0.3 is 0 Å². The van der Waals surface area contributed by atoms with Gasteiger partial charge in [-0.25, -0.2) is 0 Å². The fraction of sp³-hybridized carbons (Fsp3) is 0.444.